The van der Waals surface area contributed by atoms with Gasteiger partial charge >= 0.3 is 6.09 Å². The van der Waals surface area contributed by atoms with Crippen LogP contribution in [0.5, 0.6) is 0 Å². The van der Waals surface area contributed by atoms with E-state index in [1.165, 1.54) is 4.90 Å². The molecule has 1 N–H and O–H groups in total. The topological polar surface area (TPSA) is 83.9 Å². The molecule has 2 atom stereocenters. The second-order valence-corrected chi connectivity index (χ2v) is 9.09. The van der Waals surface area contributed by atoms with Crippen LogP contribution in [0.4, 0.5) is 4.79 Å². The van der Waals surface area contributed by atoms with Crippen LogP contribution >= 0.6 is 0 Å². The Balaban J connectivity index is 1.80. The van der Waals surface area contributed by atoms with Gasteiger partial charge in [-0.15, -0.1) is 0 Å². The van der Waals surface area contributed by atoms with Gasteiger partial charge in [-0.05, 0) is 56.1 Å². The van der Waals surface area contributed by atoms with Gasteiger partial charge in [0.15, 0.2) is 0 Å². The van der Waals surface area contributed by atoms with Crippen molar-refractivity contribution in [1.82, 2.24) is 4.90 Å². The quantitative estimate of drug-likeness (QED) is 0.725. The number of benzene rings is 1. The van der Waals surface area contributed by atoms with Crippen LogP contribution in [0, 0.1) is 24.7 Å². The smallest absolute Gasteiger partial charge is 0.407 e. The second kappa shape index (κ2) is 8.86. The summed E-state index contributed by atoms with van der Waals surface area (Å²) >= 11 is 0. The first-order valence-electron chi connectivity index (χ1n) is 9.13. The molecule has 0 bridgehead atoms. The molecule has 7 heteroatoms. The van der Waals surface area contributed by atoms with Crippen LogP contribution in [0.25, 0.3) is 0 Å². The fourth-order valence-corrected chi connectivity index (χ4v) is 4.55. The van der Waals surface area contributed by atoms with Crippen molar-refractivity contribution in [2.45, 2.75) is 44.9 Å². The Kier molecular flexibility index (Phi) is 7.06. The number of piperidine rings is 1. The van der Waals surface area contributed by atoms with E-state index in [-0.39, 0.29) is 17.4 Å². The molecule has 1 fully saturated rings. The molecule has 1 aliphatic heterocycles. The molecule has 26 heavy (non-hydrogen) atoms. The standard InChI is InChI=1S/C19H29NO5S/c1-14-4-6-18(7-5-14)26(23,24)25-13-15(2)12-16(3)17-8-10-20(11-9-17)19(21)22/h4-7,15-17H,8-13H2,1-3H3,(H,21,22). The first-order chi connectivity index (χ1) is 12.2. The molecule has 146 valence electrons. The average molecular weight is 384 g/mol. The van der Waals surface area contributed by atoms with Crippen molar-refractivity contribution in [3.63, 3.8) is 0 Å². The molecular weight excluding hydrogens is 354 g/mol. The van der Waals surface area contributed by atoms with Crippen molar-refractivity contribution in [3.05, 3.63) is 29.8 Å². The Hall–Kier alpha value is -1.60. The Bertz CT molecular complexity index is 693. The Morgan fingerprint density at radius 1 is 1.23 bits per heavy atom. The summed E-state index contributed by atoms with van der Waals surface area (Å²) in [5, 5.41) is 9.02. The number of hydrogen-bond donors (Lipinski definition) is 1. The summed E-state index contributed by atoms with van der Waals surface area (Å²) in [5.41, 5.74) is 1.00. The highest BCUT2D eigenvalue weighted by molar-refractivity contribution is 7.86. The van der Waals surface area contributed by atoms with Gasteiger partial charge in [0.25, 0.3) is 10.1 Å². The summed E-state index contributed by atoms with van der Waals surface area (Å²) in [4.78, 5) is 12.6. The highest BCUT2D eigenvalue weighted by Gasteiger charge is 2.27. The van der Waals surface area contributed by atoms with Crippen molar-refractivity contribution in [2.75, 3.05) is 19.7 Å². The van der Waals surface area contributed by atoms with E-state index in [0.717, 1.165) is 24.8 Å². The molecule has 2 rings (SSSR count). The molecule has 0 saturated carbocycles. The van der Waals surface area contributed by atoms with Crippen LogP contribution in [0.2, 0.25) is 0 Å². The molecular formula is C19H29NO5S. The molecule has 1 aliphatic rings. The summed E-state index contributed by atoms with van der Waals surface area (Å²) < 4.78 is 29.7. The maximum Gasteiger partial charge on any atom is 0.407 e. The number of rotatable bonds is 7. The van der Waals surface area contributed by atoms with Gasteiger partial charge in [0, 0.05) is 13.1 Å². The predicted octanol–water partition coefficient (Wildman–Crippen LogP) is 3.75. The van der Waals surface area contributed by atoms with Crippen LogP contribution in [0.1, 0.15) is 38.7 Å². The van der Waals surface area contributed by atoms with Gasteiger partial charge in [-0.1, -0.05) is 31.5 Å². The summed E-state index contributed by atoms with van der Waals surface area (Å²) in [6, 6.07) is 6.64. The highest BCUT2D eigenvalue weighted by Crippen LogP contribution is 2.29. The monoisotopic (exact) mass is 383 g/mol. The number of hydrogen-bond acceptors (Lipinski definition) is 4. The first kappa shape index (κ1) is 20.7. The zero-order chi connectivity index (χ0) is 19.3. The molecule has 1 aromatic carbocycles. The normalized spacial score (nSPS) is 18.5. The van der Waals surface area contributed by atoms with E-state index >= 15 is 0 Å². The van der Waals surface area contributed by atoms with Crippen molar-refractivity contribution < 1.29 is 22.5 Å². The van der Waals surface area contributed by atoms with Crippen LogP contribution in [-0.2, 0) is 14.3 Å². The van der Waals surface area contributed by atoms with E-state index in [0.29, 0.717) is 24.9 Å². The molecule has 1 aromatic rings. The number of nitrogens with zero attached hydrogens (tertiary/aromatic N) is 1. The fraction of sp³-hybridized carbons (Fsp3) is 0.632. The van der Waals surface area contributed by atoms with Gasteiger partial charge in [-0.3, -0.25) is 4.18 Å². The zero-order valence-electron chi connectivity index (χ0n) is 15.7. The van der Waals surface area contributed by atoms with E-state index in [4.69, 9.17) is 9.29 Å². The molecule has 0 spiro atoms. The van der Waals surface area contributed by atoms with Crippen molar-refractivity contribution in [2.24, 2.45) is 17.8 Å². The Labute approximate surface area is 156 Å². The molecule has 0 aromatic heterocycles. The van der Waals surface area contributed by atoms with Gasteiger partial charge in [0.2, 0.25) is 0 Å². The SMILES string of the molecule is Cc1ccc(S(=O)(=O)OCC(C)CC(C)C2CCN(C(=O)O)CC2)cc1. The van der Waals surface area contributed by atoms with Crippen LogP contribution in [0.15, 0.2) is 29.2 Å². The maximum atomic E-state index is 12.3. The molecule has 0 aliphatic carbocycles. The van der Waals surface area contributed by atoms with E-state index in [1.54, 1.807) is 24.3 Å². The van der Waals surface area contributed by atoms with E-state index < -0.39 is 16.2 Å². The first-order valence-corrected chi connectivity index (χ1v) is 10.5. The maximum absolute atomic E-state index is 12.3. The minimum Gasteiger partial charge on any atom is -0.465 e. The lowest BCUT2D eigenvalue weighted by Gasteiger charge is -2.34. The van der Waals surface area contributed by atoms with Gasteiger partial charge in [-0.2, -0.15) is 8.42 Å². The van der Waals surface area contributed by atoms with Gasteiger partial charge in [-0.25, -0.2) is 4.79 Å². The van der Waals surface area contributed by atoms with Crippen LogP contribution in [-0.4, -0.2) is 44.2 Å². The minimum atomic E-state index is -3.72. The lowest BCUT2D eigenvalue weighted by molar-refractivity contribution is 0.108. The molecule has 6 nitrogen and oxygen atoms in total. The number of aryl methyl sites for hydroxylation is 1. The van der Waals surface area contributed by atoms with E-state index in [9.17, 15) is 13.2 Å². The number of carbonyl (C=O) groups is 1. The summed E-state index contributed by atoms with van der Waals surface area (Å²) in [5.74, 6) is 0.996. The van der Waals surface area contributed by atoms with Gasteiger partial charge < -0.3 is 10.0 Å². The average Bonchev–Trinajstić information content (AvgIpc) is 2.60. The lowest BCUT2D eigenvalue weighted by atomic mass is 9.81. The summed E-state index contributed by atoms with van der Waals surface area (Å²) in [6.45, 7) is 7.38. The number of carboxylic acid groups (broad SMARTS) is 1. The van der Waals surface area contributed by atoms with E-state index in [2.05, 4.69) is 6.92 Å². The predicted molar refractivity (Wildman–Crippen MR) is 99.6 cm³/mol. The van der Waals surface area contributed by atoms with Gasteiger partial charge in [0.05, 0.1) is 11.5 Å². The third-order valence-corrected chi connectivity index (χ3v) is 6.50. The number of likely N-dealkylation sites (tertiary alicyclic amines) is 1. The summed E-state index contributed by atoms with van der Waals surface area (Å²) in [6.07, 6.45) is 1.74. The van der Waals surface area contributed by atoms with Crippen molar-refractivity contribution in [1.29, 1.82) is 0 Å². The van der Waals surface area contributed by atoms with Crippen LogP contribution < -0.4 is 0 Å². The third-order valence-electron chi connectivity index (χ3n) is 5.21. The molecule has 0 radical (unpaired) electrons. The summed E-state index contributed by atoms with van der Waals surface area (Å²) in [7, 11) is -3.72. The largest absolute Gasteiger partial charge is 0.465 e. The molecule has 1 heterocycles. The van der Waals surface area contributed by atoms with E-state index in [1.807, 2.05) is 13.8 Å². The lowest BCUT2D eigenvalue weighted by Crippen LogP contribution is -2.39. The number of amides is 1. The Morgan fingerprint density at radius 2 is 1.81 bits per heavy atom. The fourth-order valence-electron chi connectivity index (χ4n) is 3.53. The molecule has 2 unspecified atom stereocenters. The molecule has 1 amide bonds. The highest BCUT2D eigenvalue weighted by atomic mass is 32.2. The second-order valence-electron chi connectivity index (χ2n) is 7.48. The minimum absolute atomic E-state index is 0.114. The zero-order valence-corrected chi connectivity index (χ0v) is 16.5. The third kappa shape index (κ3) is 5.71. The van der Waals surface area contributed by atoms with Gasteiger partial charge in [0.1, 0.15) is 0 Å². The Morgan fingerprint density at radius 3 is 2.35 bits per heavy atom. The molecule has 1 saturated heterocycles. The van der Waals surface area contributed by atoms with Crippen LogP contribution in [0.3, 0.4) is 0 Å². The van der Waals surface area contributed by atoms with Crippen molar-refractivity contribution in [3.8, 4) is 0 Å². The van der Waals surface area contributed by atoms with Crippen molar-refractivity contribution >= 4 is 16.2 Å².